The third-order valence-electron chi connectivity index (χ3n) is 7.72. The molecule has 0 atom stereocenters. The third-order valence-corrected chi connectivity index (χ3v) is 7.72. The maximum Gasteiger partial charge on any atom is 0.268 e. The summed E-state index contributed by atoms with van der Waals surface area (Å²) >= 11 is 0. The zero-order valence-corrected chi connectivity index (χ0v) is 21.7. The van der Waals surface area contributed by atoms with Crippen molar-refractivity contribution in [2.24, 2.45) is 5.92 Å². The van der Waals surface area contributed by atoms with E-state index in [2.05, 4.69) is 27.0 Å². The molecule has 2 aromatic heterocycles. The first-order chi connectivity index (χ1) is 18.4. The van der Waals surface area contributed by atoms with Gasteiger partial charge in [-0.1, -0.05) is 31.2 Å². The second kappa shape index (κ2) is 11.3. The number of pyridine rings is 2. The van der Waals surface area contributed by atoms with Gasteiger partial charge in [-0.25, -0.2) is 9.83 Å². The number of rotatable bonds is 6. The highest BCUT2D eigenvalue weighted by Crippen LogP contribution is 2.31. The standard InChI is InChI=1S/C29H33N5O4/c1-19-3-7-23(8-4-19)32-28(36)25-26(35)24-17-21(20-5-9-22(30-2)10-6-20)18-31-27(24)34(29(25)37)12-11-33-13-15-38-16-14-33/h5-6,9-10,17-19,23,35H,3-4,7-8,11-16H2,1H3,(H,32,36). The smallest absolute Gasteiger partial charge is 0.268 e. The summed E-state index contributed by atoms with van der Waals surface area (Å²) in [5.41, 5.74) is 1.63. The number of carbonyl (C=O) groups is 1. The van der Waals surface area contributed by atoms with E-state index < -0.39 is 11.5 Å². The van der Waals surface area contributed by atoms with E-state index in [1.165, 1.54) is 4.57 Å². The minimum atomic E-state index is -0.541. The Balaban J connectivity index is 1.55. The molecule has 1 aliphatic heterocycles. The van der Waals surface area contributed by atoms with Gasteiger partial charge in [0.25, 0.3) is 11.5 Å². The van der Waals surface area contributed by atoms with E-state index >= 15 is 0 Å². The molecule has 3 aromatic rings. The van der Waals surface area contributed by atoms with Gasteiger partial charge in [0.05, 0.1) is 25.2 Å². The molecule has 2 aliphatic rings. The normalized spacial score (nSPS) is 20.2. The number of aromatic nitrogens is 2. The lowest BCUT2D eigenvalue weighted by Gasteiger charge is -2.28. The van der Waals surface area contributed by atoms with Crippen LogP contribution in [0.4, 0.5) is 5.69 Å². The van der Waals surface area contributed by atoms with Gasteiger partial charge >= 0.3 is 0 Å². The Morgan fingerprint density at radius 1 is 1.13 bits per heavy atom. The van der Waals surface area contributed by atoms with Crippen LogP contribution in [0.5, 0.6) is 5.75 Å². The van der Waals surface area contributed by atoms with Crippen molar-refractivity contribution in [3.05, 3.63) is 63.9 Å². The van der Waals surface area contributed by atoms with Gasteiger partial charge in [0, 0.05) is 44.0 Å². The van der Waals surface area contributed by atoms with E-state index in [9.17, 15) is 14.7 Å². The molecular weight excluding hydrogens is 482 g/mol. The minimum Gasteiger partial charge on any atom is -0.506 e. The lowest BCUT2D eigenvalue weighted by atomic mass is 9.87. The maximum atomic E-state index is 13.7. The Kier molecular flexibility index (Phi) is 7.72. The molecule has 5 rings (SSSR count). The molecule has 0 radical (unpaired) electrons. The molecule has 3 heterocycles. The van der Waals surface area contributed by atoms with Crippen LogP contribution in [0.3, 0.4) is 0 Å². The fourth-order valence-corrected chi connectivity index (χ4v) is 5.34. The zero-order valence-electron chi connectivity index (χ0n) is 21.7. The van der Waals surface area contributed by atoms with Gasteiger partial charge in [-0.15, -0.1) is 0 Å². The highest BCUT2D eigenvalue weighted by Gasteiger charge is 2.27. The molecule has 1 aliphatic carbocycles. The Morgan fingerprint density at radius 3 is 2.53 bits per heavy atom. The predicted molar refractivity (Wildman–Crippen MR) is 146 cm³/mol. The van der Waals surface area contributed by atoms with E-state index in [0.29, 0.717) is 48.9 Å². The van der Waals surface area contributed by atoms with E-state index in [-0.39, 0.29) is 17.4 Å². The van der Waals surface area contributed by atoms with E-state index in [0.717, 1.165) is 49.9 Å². The van der Waals surface area contributed by atoms with Gasteiger partial charge in [-0.05, 0) is 43.2 Å². The van der Waals surface area contributed by atoms with Crippen molar-refractivity contribution in [2.75, 3.05) is 32.8 Å². The van der Waals surface area contributed by atoms with Gasteiger partial charge in [-0.3, -0.25) is 19.1 Å². The fourth-order valence-electron chi connectivity index (χ4n) is 5.34. The topological polar surface area (TPSA) is 101 Å². The second-order valence-electron chi connectivity index (χ2n) is 10.3. The number of nitrogens with one attached hydrogen (secondary N) is 1. The van der Waals surface area contributed by atoms with E-state index in [4.69, 9.17) is 11.3 Å². The average Bonchev–Trinajstić information content (AvgIpc) is 2.95. The first-order valence-electron chi connectivity index (χ1n) is 13.3. The van der Waals surface area contributed by atoms with Crippen molar-refractivity contribution in [2.45, 2.75) is 45.2 Å². The molecule has 0 bridgehead atoms. The third kappa shape index (κ3) is 5.42. The molecule has 2 N–H and O–H groups in total. The van der Waals surface area contributed by atoms with Gasteiger partial charge in [0.1, 0.15) is 17.0 Å². The van der Waals surface area contributed by atoms with Crippen LogP contribution in [-0.4, -0.2) is 64.4 Å². The number of hydrogen-bond donors (Lipinski definition) is 2. The van der Waals surface area contributed by atoms with E-state index in [1.807, 2.05) is 12.1 Å². The van der Waals surface area contributed by atoms with Gasteiger partial charge in [0.2, 0.25) is 0 Å². The molecular formula is C29H33N5O4. The van der Waals surface area contributed by atoms with Crippen LogP contribution >= 0.6 is 0 Å². The van der Waals surface area contributed by atoms with E-state index in [1.54, 1.807) is 24.4 Å². The van der Waals surface area contributed by atoms with Crippen molar-refractivity contribution in [3.63, 3.8) is 0 Å². The molecule has 0 unspecified atom stereocenters. The SMILES string of the molecule is [C-]#[N+]c1ccc(-c2cnc3c(c2)c(O)c(C(=O)NC2CCC(C)CC2)c(=O)n3CCN2CCOCC2)cc1. The number of fused-ring (bicyclic) bond motifs is 1. The van der Waals surface area contributed by atoms with Crippen molar-refractivity contribution in [3.8, 4) is 16.9 Å². The number of aromatic hydroxyl groups is 1. The van der Waals surface area contributed by atoms with Gasteiger partial charge < -0.3 is 15.2 Å². The summed E-state index contributed by atoms with van der Waals surface area (Å²) < 4.78 is 6.94. The number of nitrogens with zero attached hydrogens (tertiary/aromatic N) is 4. The van der Waals surface area contributed by atoms with Gasteiger partial charge in [-0.2, -0.15) is 0 Å². The lowest BCUT2D eigenvalue weighted by molar-refractivity contribution is 0.0364. The Hall–Kier alpha value is -3.74. The molecule has 1 amide bonds. The maximum absolute atomic E-state index is 13.7. The van der Waals surface area contributed by atoms with Crippen LogP contribution in [0.1, 0.15) is 43.0 Å². The minimum absolute atomic E-state index is 0.0135. The number of carbonyl (C=O) groups excluding carboxylic acids is 1. The second-order valence-corrected chi connectivity index (χ2v) is 10.3. The number of hydrogen-bond acceptors (Lipinski definition) is 6. The summed E-state index contributed by atoms with van der Waals surface area (Å²) in [4.78, 5) is 37.3. The quantitative estimate of drug-likeness (QED) is 0.482. The molecule has 1 saturated carbocycles. The number of benzene rings is 1. The van der Waals surface area contributed by atoms with Crippen LogP contribution in [0.2, 0.25) is 0 Å². The Bertz CT molecular complexity index is 1410. The molecule has 0 spiro atoms. The number of morpholine rings is 1. The molecule has 9 nitrogen and oxygen atoms in total. The summed E-state index contributed by atoms with van der Waals surface area (Å²) in [5, 5.41) is 14.6. The first-order valence-corrected chi connectivity index (χ1v) is 13.3. The highest BCUT2D eigenvalue weighted by atomic mass is 16.5. The van der Waals surface area contributed by atoms with Crippen LogP contribution in [0.15, 0.2) is 41.3 Å². The predicted octanol–water partition coefficient (Wildman–Crippen LogP) is 3.96. The lowest BCUT2D eigenvalue weighted by Crippen LogP contribution is -2.42. The van der Waals surface area contributed by atoms with Crippen molar-refractivity contribution in [1.82, 2.24) is 19.8 Å². The number of amides is 1. The zero-order chi connectivity index (χ0) is 26.6. The summed E-state index contributed by atoms with van der Waals surface area (Å²) in [5.74, 6) is -0.259. The average molecular weight is 516 g/mol. The van der Waals surface area contributed by atoms with Crippen LogP contribution < -0.4 is 10.9 Å². The Labute approximate surface area is 221 Å². The number of ether oxygens (including phenoxy) is 1. The largest absolute Gasteiger partial charge is 0.506 e. The van der Waals surface area contributed by atoms with Crippen molar-refractivity contribution < 1.29 is 14.6 Å². The summed E-state index contributed by atoms with van der Waals surface area (Å²) in [6.07, 6.45) is 5.43. The molecule has 1 saturated heterocycles. The molecule has 9 heteroatoms. The summed E-state index contributed by atoms with van der Waals surface area (Å²) in [6.45, 7) is 13.2. The van der Waals surface area contributed by atoms with Gasteiger partial charge in [0.15, 0.2) is 5.69 Å². The summed E-state index contributed by atoms with van der Waals surface area (Å²) in [7, 11) is 0. The van der Waals surface area contributed by atoms with Crippen LogP contribution in [0, 0.1) is 12.5 Å². The molecule has 38 heavy (non-hydrogen) atoms. The van der Waals surface area contributed by atoms with Crippen LogP contribution in [-0.2, 0) is 11.3 Å². The van der Waals surface area contributed by atoms with Crippen molar-refractivity contribution >= 4 is 22.6 Å². The Morgan fingerprint density at radius 2 is 1.84 bits per heavy atom. The molecule has 1 aromatic carbocycles. The summed E-state index contributed by atoms with van der Waals surface area (Å²) in [6, 6.07) is 8.83. The molecule has 198 valence electrons. The van der Waals surface area contributed by atoms with Crippen LogP contribution in [0.25, 0.3) is 27.0 Å². The van der Waals surface area contributed by atoms with Crippen molar-refractivity contribution in [1.29, 1.82) is 0 Å². The highest BCUT2D eigenvalue weighted by molar-refractivity contribution is 6.02. The first kappa shape index (κ1) is 25.9. The fraction of sp³-hybridized carbons (Fsp3) is 0.448. The molecule has 2 fully saturated rings. The monoisotopic (exact) mass is 515 g/mol.